The van der Waals surface area contributed by atoms with Crippen LogP contribution in [0.25, 0.3) is 0 Å². The van der Waals surface area contributed by atoms with Crippen molar-refractivity contribution in [2.75, 3.05) is 47.4 Å². The molecule has 0 aliphatic carbocycles. The highest BCUT2D eigenvalue weighted by Gasteiger charge is 2.20. The van der Waals surface area contributed by atoms with E-state index in [0.717, 1.165) is 57.0 Å². The van der Waals surface area contributed by atoms with Crippen LogP contribution in [0.4, 0.5) is 17.7 Å². The van der Waals surface area contributed by atoms with Crippen LogP contribution in [0.5, 0.6) is 0 Å². The molecule has 0 spiro atoms. The van der Waals surface area contributed by atoms with Gasteiger partial charge in [-0.2, -0.15) is 4.98 Å². The number of anilines is 3. The first-order valence-electron chi connectivity index (χ1n) is 9.72. The summed E-state index contributed by atoms with van der Waals surface area (Å²) in [5.41, 5.74) is 1.26. The molecule has 7 heteroatoms. The zero-order valence-corrected chi connectivity index (χ0v) is 16.1. The molecule has 4 rings (SSSR count). The Morgan fingerprint density at radius 3 is 2.25 bits per heavy atom. The lowest BCUT2D eigenvalue weighted by Crippen LogP contribution is -2.47. The van der Waals surface area contributed by atoms with Crippen molar-refractivity contribution in [1.82, 2.24) is 19.9 Å². The number of benzene rings is 1. The molecule has 1 aliphatic heterocycles. The van der Waals surface area contributed by atoms with E-state index >= 15 is 0 Å². The minimum absolute atomic E-state index is 0.776. The molecule has 1 saturated heterocycles. The lowest BCUT2D eigenvalue weighted by molar-refractivity contribution is 0.633. The summed E-state index contributed by atoms with van der Waals surface area (Å²) < 4.78 is 0. The molecule has 144 valence electrons. The van der Waals surface area contributed by atoms with Crippen LogP contribution in [-0.4, -0.2) is 52.7 Å². The molecule has 1 fully saturated rings. The van der Waals surface area contributed by atoms with Crippen molar-refractivity contribution in [1.29, 1.82) is 0 Å². The van der Waals surface area contributed by atoms with Crippen molar-refractivity contribution >= 4 is 17.7 Å². The van der Waals surface area contributed by atoms with Gasteiger partial charge in [-0.3, -0.25) is 0 Å². The van der Waals surface area contributed by atoms with E-state index in [1.807, 2.05) is 24.4 Å². The summed E-state index contributed by atoms with van der Waals surface area (Å²) in [6, 6.07) is 14.3. The maximum absolute atomic E-state index is 4.85. The second-order valence-electron chi connectivity index (χ2n) is 6.74. The van der Waals surface area contributed by atoms with Crippen LogP contribution in [0.15, 0.2) is 61.1 Å². The van der Waals surface area contributed by atoms with Gasteiger partial charge in [-0.05, 0) is 24.6 Å². The second-order valence-corrected chi connectivity index (χ2v) is 6.74. The number of rotatable bonds is 6. The Hall–Kier alpha value is -3.22. The summed E-state index contributed by atoms with van der Waals surface area (Å²) in [6.45, 7) is 7.34. The first kappa shape index (κ1) is 18.2. The second kappa shape index (κ2) is 8.65. The van der Waals surface area contributed by atoms with E-state index in [-0.39, 0.29) is 0 Å². The fourth-order valence-corrected chi connectivity index (χ4v) is 3.39. The third-order valence-corrected chi connectivity index (χ3v) is 4.95. The fraction of sp³-hybridized carbons (Fsp3) is 0.333. The van der Waals surface area contributed by atoms with Crippen LogP contribution in [-0.2, 0) is 6.54 Å². The molecule has 0 atom stereocenters. The van der Waals surface area contributed by atoms with Crippen LogP contribution in [0.1, 0.15) is 12.5 Å². The van der Waals surface area contributed by atoms with Gasteiger partial charge in [0, 0.05) is 57.9 Å². The summed E-state index contributed by atoms with van der Waals surface area (Å²) in [5.74, 6) is 2.55. The summed E-state index contributed by atoms with van der Waals surface area (Å²) >= 11 is 0. The number of piperazine rings is 1. The van der Waals surface area contributed by atoms with Gasteiger partial charge in [-0.25, -0.2) is 15.0 Å². The SMILES string of the molecule is CCN(Cc1ccccc1)c1nccc(N2CCN(c3ncccn3)CC2)n1. The highest BCUT2D eigenvalue weighted by atomic mass is 15.3. The van der Waals surface area contributed by atoms with Gasteiger partial charge in [0.25, 0.3) is 0 Å². The van der Waals surface area contributed by atoms with Gasteiger partial charge in [0.2, 0.25) is 11.9 Å². The zero-order chi connectivity index (χ0) is 19.2. The van der Waals surface area contributed by atoms with Crippen molar-refractivity contribution in [2.24, 2.45) is 0 Å². The molecule has 0 amide bonds. The van der Waals surface area contributed by atoms with E-state index in [4.69, 9.17) is 4.98 Å². The first-order valence-corrected chi connectivity index (χ1v) is 9.72. The zero-order valence-electron chi connectivity index (χ0n) is 16.1. The molecule has 1 aromatic carbocycles. The molecular formula is C21H25N7. The normalized spacial score (nSPS) is 14.2. The van der Waals surface area contributed by atoms with Gasteiger partial charge in [-0.15, -0.1) is 0 Å². The van der Waals surface area contributed by atoms with Gasteiger partial charge in [0.1, 0.15) is 5.82 Å². The van der Waals surface area contributed by atoms with Crippen molar-refractivity contribution in [3.63, 3.8) is 0 Å². The molecule has 0 radical (unpaired) electrons. The third-order valence-electron chi connectivity index (χ3n) is 4.95. The Morgan fingerprint density at radius 1 is 0.821 bits per heavy atom. The van der Waals surface area contributed by atoms with E-state index in [0.29, 0.717) is 0 Å². The highest BCUT2D eigenvalue weighted by Crippen LogP contribution is 2.19. The number of hydrogen-bond acceptors (Lipinski definition) is 7. The van der Waals surface area contributed by atoms with E-state index in [1.165, 1.54) is 5.56 Å². The third kappa shape index (κ3) is 4.19. The molecule has 3 aromatic rings. The first-order chi connectivity index (χ1) is 13.8. The molecule has 0 unspecified atom stereocenters. The van der Waals surface area contributed by atoms with Gasteiger partial charge < -0.3 is 14.7 Å². The van der Waals surface area contributed by atoms with Crippen LogP contribution in [0, 0.1) is 0 Å². The van der Waals surface area contributed by atoms with Crippen molar-refractivity contribution in [3.8, 4) is 0 Å². The molecule has 2 aromatic heterocycles. The topological polar surface area (TPSA) is 61.3 Å². The predicted octanol–water partition coefficient (Wildman–Crippen LogP) is 2.62. The van der Waals surface area contributed by atoms with Gasteiger partial charge in [-0.1, -0.05) is 30.3 Å². The van der Waals surface area contributed by atoms with E-state index < -0.39 is 0 Å². The summed E-state index contributed by atoms with van der Waals surface area (Å²) in [4.78, 5) is 24.8. The number of nitrogens with zero attached hydrogens (tertiary/aromatic N) is 7. The highest BCUT2D eigenvalue weighted by molar-refractivity contribution is 5.46. The monoisotopic (exact) mass is 375 g/mol. The quantitative estimate of drug-likeness (QED) is 0.656. The van der Waals surface area contributed by atoms with Crippen molar-refractivity contribution in [2.45, 2.75) is 13.5 Å². The minimum atomic E-state index is 0.776. The molecule has 0 N–H and O–H groups in total. The molecule has 0 bridgehead atoms. The molecule has 1 aliphatic rings. The minimum Gasteiger partial charge on any atom is -0.353 e. The lowest BCUT2D eigenvalue weighted by atomic mass is 10.2. The Labute approximate surface area is 165 Å². The van der Waals surface area contributed by atoms with Crippen molar-refractivity contribution < 1.29 is 0 Å². The summed E-state index contributed by atoms with van der Waals surface area (Å²) in [5, 5.41) is 0. The van der Waals surface area contributed by atoms with E-state index in [1.54, 1.807) is 12.4 Å². The lowest BCUT2D eigenvalue weighted by Gasteiger charge is -2.35. The van der Waals surface area contributed by atoms with Crippen LogP contribution < -0.4 is 14.7 Å². The van der Waals surface area contributed by atoms with Crippen molar-refractivity contribution in [3.05, 3.63) is 66.6 Å². The summed E-state index contributed by atoms with van der Waals surface area (Å²) in [7, 11) is 0. The van der Waals surface area contributed by atoms with Gasteiger partial charge >= 0.3 is 0 Å². The molecule has 0 saturated carbocycles. The van der Waals surface area contributed by atoms with E-state index in [2.05, 4.69) is 60.8 Å². The maximum atomic E-state index is 4.85. The average Bonchev–Trinajstić information content (AvgIpc) is 2.79. The Bertz CT molecular complexity index is 864. The maximum Gasteiger partial charge on any atom is 0.227 e. The molecule has 28 heavy (non-hydrogen) atoms. The Morgan fingerprint density at radius 2 is 1.54 bits per heavy atom. The molecular weight excluding hydrogens is 350 g/mol. The average molecular weight is 375 g/mol. The smallest absolute Gasteiger partial charge is 0.227 e. The van der Waals surface area contributed by atoms with Crippen LogP contribution >= 0.6 is 0 Å². The van der Waals surface area contributed by atoms with Crippen LogP contribution in [0.2, 0.25) is 0 Å². The Balaban J connectivity index is 1.43. The van der Waals surface area contributed by atoms with Gasteiger partial charge in [0.05, 0.1) is 0 Å². The fourth-order valence-electron chi connectivity index (χ4n) is 3.39. The largest absolute Gasteiger partial charge is 0.353 e. The van der Waals surface area contributed by atoms with Gasteiger partial charge in [0.15, 0.2) is 0 Å². The number of aromatic nitrogens is 4. The summed E-state index contributed by atoms with van der Waals surface area (Å²) in [6.07, 6.45) is 5.44. The van der Waals surface area contributed by atoms with E-state index in [9.17, 15) is 0 Å². The van der Waals surface area contributed by atoms with Crippen LogP contribution in [0.3, 0.4) is 0 Å². The molecule has 7 nitrogen and oxygen atoms in total. The number of hydrogen-bond donors (Lipinski definition) is 0. The molecule has 3 heterocycles. The standard InChI is InChI=1S/C21H25N7/c1-2-26(17-18-7-4-3-5-8-18)21-24-12-9-19(25-21)27-13-15-28(16-14-27)20-22-10-6-11-23-20/h3-12H,2,13-17H2,1H3. The Kier molecular flexibility index (Phi) is 5.61. The predicted molar refractivity (Wildman–Crippen MR) is 112 cm³/mol.